The first-order chi connectivity index (χ1) is 9.63. The van der Waals surface area contributed by atoms with Gasteiger partial charge in [-0.2, -0.15) is 0 Å². The summed E-state index contributed by atoms with van der Waals surface area (Å²) in [5.41, 5.74) is 1.89. The summed E-state index contributed by atoms with van der Waals surface area (Å²) in [5, 5.41) is 17.1. The fraction of sp³-hybridized carbons (Fsp3) is 0.267. The van der Waals surface area contributed by atoms with Crippen LogP contribution in [-0.2, 0) is 4.79 Å². The molecule has 0 amide bonds. The Morgan fingerprint density at radius 3 is 2.85 bits per heavy atom. The van der Waals surface area contributed by atoms with E-state index in [0.29, 0.717) is 11.8 Å². The van der Waals surface area contributed by atoms with Crippen molar-refractivity contribution < 1.29 is 14.3 Å². The molecule has 1 saturated carbocycles. The number of hydrogen-bond donors (Lipinski definition) is 1. The molecule has 0 spiro atoms. The molecule has 1 aliphatic rings. The van der Waals surface area contributed by atoms with Crippen molar-refractivity contribution in [2.24, 2.45) is 0 Å². The van der Waals surface area contributed by atoms with Crippen LogP contribution in [0.15, 0.2) is 28.7 Å². The molecule has 0 radical (unpaired) electrons. The minimum Gasteiger partial charge on any atom is -0.477 e. The van der Waals surface area contributed by atoms with Crippen molar-refractivity contribution in [1.29, 1.82) is 0 Å². The zero-order chi connectivity index (χ0) is 14.1. The molecule has 1 N–H and O–H groups in total. The van der Waals surface area contributed by atoms with Crippen LogP contribution < -0.4 is 0 Å². The van der Waals surface area contributed by atoms with Crippen molar-refractivity contribution in [3.05, 3.63) is 47.2 Å². The van der Waals surface area contributed by atoms with Crippen LogP contribution >= 0.6 is 0 Å². The first-order valence-corrected chi connectivity index (χ1v) is 6.49. The van der Waals surface area contributed by atoms with E-state index in [2.05, 4.69) is 10.2 Å². The zero-order valence-electron chi connectivity index (χ0n) is 11.0. The van der Waals surface area contributed by atoms with Crippen molar-refractivity contribution in [3.63, 3.8) is 0 Å². The number of hydrogen-bond acceptors (Lipinski definition) is 4. The van der Waals surface area contributed by atoms with Crippen molar-refractivity contribution in [2.75, 3.05) is 0 Å². The Labute approximate surface area is 116 Å². The molecule has 0 saturated heterocycles. The van der Waals surface area contributed by atoms with Crippen LogP contribution in [0.2, 0.25) is 0 Å². The predicted molar refractivity (Wildman–Crippen MR) is 73.0 cm³/mol. The monoisotopic (exact) mass is 270 g/mol. The standard InChI is InChI=1S/C15H14N2O3/c1-9-3-2-4-10(7-9)8-12(15(18)19)14-17-16-13(20-14)11-5-6-11/h2-4,7-8,11H,5-6H2,1H3,(H,18,19)/b12-8-. The van der Waals surface area contributed by atoms with Gasteiger partial charge in [-0.3, -0.25) is 0 Å². The van der Waals surface area contributed by atoms with Crippen LogP contribution in [0.5, 0.6) is 0 Å². The number of aliphatic carboxylic acids is 1. The molecule has 2 aromatic rings. The Bertz CT molecular complexity index is 684. The van der Waals surface area contributed by atoms with Crippen molar-refractivity contribution in [2.45, 2.75) is 25.7 Å². The normalized spacial score (nSPS) is 15.3. The van der Waals surface area contributed by atoms with Crippen LogP contribution in [0.4, 0.5) is 0 Å². The van der Waals surface area contributed by atoms with Gasteiger partial charge in [0.15, 0.2) is 0 Å². The van der Waals surface area contributed by atoms with E-state index in [1.807, 2.05) is 31.2 Å². The lowest BCUT2D eigenvalue weighted by atomic mass is 10.1. The maximum absolute atomic E-state index is 11.4. The maximum atomic E-state index is 11.4. The minimum atomic E-state index is -1.07. The van der Waals surface area contributed by atoms with Gasteiger partial charge in [0, 0.05) is 5.92 Å². The lowest BCUT2D eigenvalue weighted by molar-refractivity contribution is -0.130. The largest absolute Gasteiger partial charge is 0.477 e. The van der Waals surface area contributed by atoms with Crippen LogP contribution in [0.3, 0.4) is 0 Å². The number of carbonyl (C=O) groups is 1. The van der Waals surface area contributed by atoms with E-state index in [0.717, 1.165) is 24.0 Å². The van der Waals surface area contributed by atoms with Gasteiger partial charge in [0.2, 0.25) is 5.89 Å². The molecule has 5 nitrogen and oxygen atoms in total. The maximum Gasteiger partial charge on any atom is 0.341 e. The van der Waals surface area contributed by atoms with Crippen molar-refractivity contribution >= 4 is 17.6 Å². The lowest BCUT2D eigenvalue weighted by Crippen LogP contribution is -2.00. The Kier molecular flexibility index (Phi) is 3.10. The van der Waals surface area contributed by atoms with Crippen LogP contribution in [0.1, 0.15) is 41.7 Å². The summed E-state index contributed by atoms with van der Waals surface area (Å²) in [6, 6.07) is 7.58. The van der Waals surface area contributed by atoms with Gasteiger partial charge < -0.3 is 9.52 Å². The van der Waals surface area contributed by atoms with Gasteiger partial charge in [-0.25, -0.2) is 4.79 Å². The molecule has 1 fully saturated rings. The molecule has 1 aliphatic carbocycles. The molecule has 0 unspecified atom stereocenters. The molecule has 0 aliphatic heterocycles. The highest BCUT2D eigenvalue weighted by atomic mass is 16.4. The molecule has 1 aromatic heterocycles. The fourth-order valence-corrected chi connectivity index (χ4v) is 1.98. The second kappa shape index (κ2) is 4.92. The first-order valence-electron chi connectivity index (χ1n) is 6.49. The molecular weight excluding hydrogens is 256 g/mol. The lowest BCUT2D eigenvalue weighted by Gasteiger charge is -1.99. The third-order valence-electron chi connectivity index (χ3n) is 3.18. The summed E-state index contributed by atoms with van der Waals surface area (Å²) in [4.78, 5) is 11.4. The summed E-state index contributed by atoms with van der Waals surface area (Å²) in [5.74, 6) is -0.153. The van der Waals surface area contributed by atoms with E-state index in [9.17, 15) is 9.90 Å². The number of rotatable bonds is 4. The van der Waals surface area contributed by atoms with E-state index < -0.39 is 5.97 Å². The quantitative estimate of drug-likeness (QED) is 0.864. The molecule has 0 bridgehead atoms. The summed E-state index contributed by atoms with van der Waals surface area (Å²) in [6.45, 7) is 1.95. The van der Waals surface area contributed by atoms with Gasteiger partial charge in [0.1, 0.15) is 5.57 Å². The predicted octanol–water partition coefficient (Wildman–Crippen LogP) is 2.88. The van der Waals surface area contributed by atoms with Gasteiger partial charge in [0.05, 0.1) is 0 Å². The molecule has 5 heteroatoms. The number of aromatic nitrogens is 2. The number of carboxylic acid groups (broad SMARTS) is 1. The van der Waals surface area contributed by atoms with Crippen molar-refractivity contribution in [1.82, 2.24) is 10.2 Å². The third kappa shape index (κ3) is 2.61. The fourth-order valence-electron chi connectivity index (χ4n) is 1.98. The van der Waals surface area contributed by atoms with Gasteiger partial charge in [-0.1, -0.05) is 29.8 Å². The highest BCUT2D eigenvalue weighted by Crippen LogP contribution is 2.39. The van der Waals surface area contributed by atoms with E-state index in [1.54, 1.807) is 6.08 Å². The van der Waals surface area contributed by atoms with Crippen molar-refractivity contribution in [3.8, 4) is 0 Å². The van der Waals surface area contributed by atoms with Crippen LogP contribution in [-0.4, -0.2) is 21.3 Å². The average molecular weight is 270 g/mol. The Morgan fingerprint density at radius 2 is 2.20 bits per heavy atom. The van der Waals surface area contributed by atoms with E-state index in [-0.39, 0.29) is 11.5 Å². The van der Waals surface area contributed by atoms with Crippen LogP contribution in [0.25, 0.3) is 11.6 Å². The highest BCUT2D eigenvalue weighted by Gasteiger charge is 2.30. The molecule has 0 atom stereocenters. The van der Waals surface area contributed by atoms with E-state index in [1.165, 1.54) is 0 Å². The smallest absolute Gasteiger partial charge is 0.341 e. The van der Waals surface area contributed by atoms with Gasteiger partial charge in [-0.15, -0.1) is 10.2 Å². The summed E-state index contributed by atoms with van der Waals surface area (Å²) < 4.78 is 5.46. The minimum absolute atomic E-state index is 0.0231. The average Bonchev–Trinajstić information content (AvgIpc) is 3.14. The number of nitrogens with zero attached hydrogens (tertiary/aromatic N) is 2. The SMILES string of the molecule is Cc1cccc(/C=C(\C(=O)O)c2nnc(C3CC3)o2)c1. The third-order valence-corrected chi connectivity index (χ3v) is 3.18. The Morgan fingerprint density at radius 1 is 1.40 bits per heavy atom. The second-order valence-electron chi connectivity index (χ2n) is 5.00. The summed E-state index contributed by atoms with van der Waals surface area (Å²) in [6.07, 6.45) is 3.62. The molecule has 1 heterocycles. The van der Waals surface area contributed by atoms with Gasteiger partial charge in [0.25, 0.3) is 5.89 Å². The molecule has 1 aromatic carbocycles. The van der Waals surface area contributed by atoms with E-state index >= 15 is 0 Å². The zero-order valence-corrected chi connectivity index (χ0v) is 11.0. The number of aryl methyl sites for hydroxylation is 1. The molecule has 3 rings (SSSR count). The number of benzene rings is 1. The first kappa shape index (κ1) is 12.6. The summed E-state index contributed by atoms with van der Waals surface area (Å²) in [7, 11) is 0. The molecule has 20 heavy (non-hydrogen) atoms. The molecule has 102 valence electrons. The highest BCUT2D eigenvalue weighted by molar-refractivity contribution is 6.19. The summed E-state index contributed by atoms with van der Waals surface area (Å²) >= 11 is 0. The topological polar surface area (TPSA) is 76.2 Å². The van der Waals surface area contributed by atoms with Gasteiger partial charge >= 0.3 is 5.97 Å². The van der Waals surface area contributed by atoms with E-state index in [4.69, 9.17) is 4.42 Å². The Hall–Kier alpha value is -2.43. The van der Waals surface area contributed by atoms with Crippen LogP contribution in [0, 0.1) is 6.92 Å². The Balaban J connectivity index is 1.97. The number of carboxylic acids is 1. The van der Waals surface area contributed by atoms with Gasteiger partial charge in [-0.05, 0) is 31.4 Å². The molecular formula is C15H14N2O3. The second-order valence-corrected chi connectivity index (χ2v) is 5.00.